The third kappa shape index (κ3) is 16.2. The molecule has 0 aromatic heterocycles. The van der Waals surface area contributed by atoms with Gasteiger partial charge in [0.15, 0.2) is 0 Å². The van der Waals surface area contributed by atoms with E-state index in [0.717, 1.165) is 19.5 Å². The summed E-state index contributed by atoms with van der Waals surface area (Å²) in [6.07, 6.45) is 16.4. The molecule has 116 valence electrons. The van der Waals surface area contributed by atoms with E-state index < -0.39 is 0 Å². The fourth-order valence-electron chi connectivity index (χ4n) is 2.41. The molecule has 1 unspecified atom stereocenters. The molecule has 0 saturated carbocycles. The third-order valence-electron chi connectivity index (χ3n) is 3.67. The number of alkyl halides is 1. The van der Waals surface area contributed by atoms with Crippen LogP contribution in [0.15, 0.2) is 0 Å². The standard InChI is InChI=1S/C17H36ClN/c1-3-5-6-7-8-9-10-11-12-13-15-19-16-17(18)14-4-2/h17,19H,3-16H2,1-2H3. The van der Waals surface area contributed by atoms with Crippen molar-refractivity contribution in [2.24, 2.45) is 0 Å². The molecular formula is C17H36ClN. The monoisotopic (exact) mass is 289 g/mol. The van der Waals surface area contributed by atoms with Gasteiger partial charge >= 0.3 is 0 Å². The maximum Gasteiger partial charge on any atom is 0.0460 e. The lowest BCUT2D eigenvalue weighted by molar-refractivity contribution is 0.539. The van der Waals surface area contributed by atoms with Crippen LogP contribution in [0.2, 0.25) is 0 Å². The van der Waals surface area contributed by atoms with E-state index in [1.807, 2.05) is 0 Å². The zero-order valence-electron chi connectivity index (χ0n) is 13.4. The van der Waals surface area contributed by atoms with Gasteiger partial charge in [-0.05, 0) is 19.4 Å². The Balaban J connectivity index is 2.99. The molecule has 0 fully saturated rings. The summed E-state index contributed by atoms with van der Waals surface area (Å²) in [4.78, 5) is 0. The maximum absolute atomic E-state index is 6.15. The van der Waals surface area contributed by atoms with E-state index in [2.05, 4.69) is 19.2 Å². The molecule has 0 aliphatic rings. The topological polar surface area (TPSA) is 12.0 Å². The van der Waals surface area contributed by atoms with Crippen LogP contribution in [0.25, 0.3) is 0 Å². The Morgan fingerprint density at radius 3 is 1.79 bits per heavy atom. The quantitative estimate of drug-likeness (QED) is 0.292. The second kappa shape index (κ2) is 16.3. The Hall–Kier alpha value is 0.250. The average molecular weight is 290 g/mol. The van der Waals surface area contributed by atoms with Gasteiger partial charge in [-0.3, -0.25) is 0 Å². The molecule has 0 saturated heterocycles. The summed E-state index contributed by atoms with van der Waals surface area (Å²) in [5, 5.41) is 3.79. The summed E-state index contributed by atoms with van der Waals surface area (Å²) in [5.41, 5.74) is 0. The second-order valence-electron chi connectivity index (χ2n) is 5.77. The summed E-state index contributed by atoms with van der Waals surface area (Å²) in [6, 6.07) is 0. The van der Waals surface area contributed by atoms with Crippen molar-refractivity contribution in [3.63, 3.8) is 0 Å². The fourth-order valence-corrected chi connectivity index (χ4v) is 2.74. The van der Waals surface area contributed by atoms with Crippen LogP contribution in [0, 0.1) is 0 Å². The van der Waals surface area contributed by atoms with Crippen LogP contribution in [0.5, 0.6) is 0 Å². The zero-order valence-corrected chi connectivity index (χ0v) is 14.1. The summed E-state index contributed by atoms with van der Waals surface area (Å²) in [7, 11) is 0. The van der Waals surface area contributed by atoms with Gasteiger partial charge in [-0.2, -0.15) is 0 Å². The summed E-state index contributed by atoms with van der Waals surface area (Å²) in [6.45, 7) is 6.59. The van der Waals surface area contributed by atoms with Gasteiger partial charge in [0.1, 0.15) is 0 Å². The van der Waals surface area contributed by atoms with E-state index in [1.165, 1.54) is 70.6 Å². The Bertz CT molecular complexity index is 161. The first-order chi connectivity index (χ1) is 9.31. The van der Waals surface area contributed by atoms with E-state index in [0.29, 0.717) is 5.38 Å². The predicted octanol–water partition coefficient (Wildman–Crippen LogP) is 5.90. The fraction of sp³-hybridized carbons (Fsp3) is 1.00. The molecule has 1 N–H and O–H groups in total. The van der Waals surface area contributed by atoms with Crippen molar-refractivity contribution >= 4 is 11.6 Å². The minimum absolute atomic E-state index is 0.327. The number of hydrogen-bond donors (Lipinski definition) is 1. The third-order valence-corrected chi connectivity index (χ3v) is 4.05. The lowest BCUT2D eigenvalue weighted by atomic mass is 10.1. The number of unbranched alkanes of at least 4 members (excludes halogenated alkanes) is 9. The number of halogens is 1. The predicted molar refractivity (Wildman–Crippen MR) is 89.3 cm³/mol. The lowest BCUT2D eigenvalue weighted by Gasteiger charge is -2.09. The lowest BCUT2D eigenvalue weighted by Crippen LogP contribution is -2.24. The second-order valence-corrected chi connectivity index (χ2v) is 6.39. The van der Waals surface area contributed by atoms with E-state index in [9.17, 15) is 0 Å². The summed E-state index contributed by atoms with van der Waals surface area (Å²) < 4.78 is 0. The smallest absolute Gasteiger partial charge is 0.0460 e. The molecule has 0 spiro atoms. The highest BCUT2D eigenvalue weighted by Gasteiger charge is 2.01. The van der Waals surface area contributed by atoms with Gasteiger partial charge in [0.25, 0.3) is 0 Å². The Labute approximate surface area is 126 Å². The van der Waals surface area contributed by atoms with Crippen molar-refractivity contribution in [2.75, 3.05) is 13.1 Å². The first-order valence-electron chi connectivity index (χ1n) is 8.66. The molecule has 1 atom stereocenters. The summed E-state index contributed by atoms with van der Waals surface area (Å²) >= 11 is 6.15. The van der Waals surface area contributed by atoms with Crippen LogP contribution >= 0.6 is 11.6 Å². The molecular weight excluding hydrogens is 254 g/mol. The minimum atomic E-state index is 0.327. The van der Waals surface area contributed by atoms with E-state index in [-0.39, 0.29) is 0 Å². The Kier molecular flexibility index (Phi) is 16.5. The van der Waals surface area contributed by atoms with Gasteiger partial charge < -0.3 is 5.32 Å². The van der Waals surface area contributed by atoms with E-state index in [4.69, 9.17) is 11.6 Å². The van der Waals surface area contributed by atoms with E-state index >= 15 is 0 Å². The highest BCUT2D eigenvalue weighted by atomic mass is 35.5. The van der Waals surface area contributed by atoms with Crippen LogP contribution in [-0.2, 0) is 0 Å². The molecule has 2 heteroatoms. The molecule has 0 heterocycles. The normalized spacial score (nSPS) is 12.8. The Morgan fingerprint density at radius 2 is 1.26 bits per heavy atom. The van der Waals surface area contributed by atoms with Crippen LogP contribution in [0.1, 0.15) is 90.9 Å². The number of nitrogens with one attached hydrogen (secondary N) is 1. The van der Waals surface area contributed by atoms with Crippen molar-refractivity contribution in [1.29, 1.82) is 0 Å². The first kappa shape index (κ1) is 19.2. The van der Waals surface area contributed by atoms with Crippen LogP contribution in [-0.4, -0.2) is 18.5 Å². The first-order valence-corrected chi connectivity index (χ1v) is 9.09. The van der Waals surface area contributed by atoms with E-state index in [1.54, 1.807) is 0 Å². The average Bonchev–Trinajstić information content (AvgIpc) is 2.40. The van der Waals surface area contributed by atoms with Gasteiger partial charge in [-0.25, -0.2) is 0 Å². The van der Waals surface area contributed by atoms with Crippen molar-refractivity contribution in [3.8, 4) is 0 Å². The molecule has 0 aromatic carbocycles. The molecule has 0 aliphatic heterocycles. The number of hydrogen-bond acceptors (Lipinski definition) is 1. The highest BCUT2D eigenvalue weighted by Crippen LogP contribution is 2.10. The molecule has 0 amide bonds. The number of rotatable bonds is 15. The van der Waals surface area contributed by atoms with Crippen LogP contribution in [0.4, 0.5) is 0 Å². The molecule has 1 nitrogen and oxygen atoms in total. The van der Waals surface area contributed by atoms with Gasteiger partial charge in [0.05, 0.1) is 0 Å². The van der Waals surface area contributed by atoms with Crippen LogP contribution < -0.4 is 5.32 Å². The molecule has 0 bridgehead atoms. The molecule has 19 heavy (non-hydrogen) atoms. The van der Waals surface area contributed by atoms with Crippen molar-refractivity contribution in [1.82, 2.24) is 5.32 Å². The minimum Gasteiger partial charge on any atom is -0.315 e. The van der Waals surface area contributed by atoms with Crippen molar-refractivity contribution in [3.05, 3.63) is 0 Å². The molecule has 0 radical (unpaired) electrons. The van der Waals surface area contributed by atoms with Crippen molar-refractivity contribution in [2.45, 2.75) is 96.3 Å². The molecule has 0 aromatic rings. The molecule has 0 aliphatic carbocycles. The maximum atomic E-state index is 6.15. The van der Waals surface area contributed by atoms with Gasteiger partial charge in [-0.1, -0.05) is 78.1 Å². The SMILES string of the molecule is CCCCCCCCCCCCNCC(Cl)CCC. The molecule has 0 rings (SSSR count). The van der Waals surface area contributed by atoms with Gasteiger partial charge in [0.2, 0.25) is 0 Å². The largest absolute Gasteiger partial charge is 0.315 e. The van der Waals surface area contributed by atoms with Crippen molar-refractivity contribution < 1.29 is 0 Å². The highest BCUT2D eigenvalue weighted by molar-refractivity contribution is 6.20. The van der Waals surface area contributed by atoms with Gasteiger partial charge in [-0.15, -0.1) is 11.6 Å². The van der Waals surface area contributed by atoms with Crippen LogP contribution in [0.3, 0.4) is 0 Å². The Morgan fingerprint density at radius 1 is 0.737 bits per heavy atom. The summed E-state index contributed by atoms with van der Waals surface area (Å²) in [5.74, 6) is 0. The van der Waals surface area contributed by atoms with Gasteiger partial charge in [0, 0.05) is 11.9 Å². The zero-order chi connectivity index (χ0) is 14.2.